The van der Waals surface area contributed by atoms with Crippen molar-refractivity contribution in [2.45, 2.75) is 58.9 Å². The van der Waals surface area contributed by atoms with Gasteiger partial charge in [0.2, 0.25) is 0 Å². The summed E-state index contributed by atoms with van der Waals surface area (Å²) < 4.78 is 0. The Kier molecular flexibility index (Phi) is 3.88. The number of nitrogens with zero attached hydrogens (tertiary/aromatic N) is 1. The molecule has 0 amide bonds. The van der Waals surface area contributed by atoms with Crippen molar-refractivity contribution >= 4 is 11.3 Å². The maximum atomic E-state index is 4.91. The average Bonchev–Trinajstić information content (AvgIpc) is 3.10. The van der Waals surface area contributed by atoms with Crippen LogP contribution in [0.25, 0.3) is 0 Å². The molecule has 1 aliphatic carbocycles. The number of rotatable bonds is 6. The standard InChI is InChI=1S/C14H24N2S/c1-5-12-10(4)17-13(16-12)14(6-2,15-7-3)11-8-9-11/h11,15H,5-9H2,1-4H3. The maximum absolute atomic E-state index is 4.91. The van der Waals surface area contributed by atoms with Crippen molar-refractivity contribution in [1.29, 1.82) is 0 Å². The molecule has 1 unspecified atom stereocenters. The summed E-state index contributed by atoms with van der Waals surface area (Å²) in [5, 5.41) is 5.07. The monoisotopic (exact) mass is 252 g/mol. The van der Waals surface area contributed by atoms with Gasteiger partial charge in [0.1, 0.15) is 5.01 Å². The van der Waals surface area contributed by atoms with E-state index < -0.39 is 0 Å². The summed E-state index contributed by atoms with van der Waals surface area (Å²) in [6.45, 7) is 9.94. The van der Waals surface area contributed by atoms with Gasteiger partial charge in [-0.05, 0) is 45.1 Å². The molecule has 1 aromatic rings. The highest BCUT2D eigenvalue weighted by Gasteiger charge is 2.46. The number of aryl methyl sites for hydroxylation is 2. The summed E-state index contributed by atoms with van der Waals surface area (Å²) in [5.41, 5.74) is 1.46. The minimum Gasteiger partial charge on any atom is -0.305 e. The quantitative estimate of drug-likeness (QED) is 0.836. The fourth-order valence-corrected chi connectivity index (χ4v) is 4.12. The molecule has 0 spiro atoms. The van der Waals surface area contributed by atoms with E-state index in [-0.39, 0.29) is 5.54 Å². The SMILES string of the molecule is CCNC(CC)(c1nc(CC)c(C)s1)C1CC1. The van der Waals surface area contributed by atoms with Gasteiger partial charge in [-0.25, -0.2) is 4.98 Å². The molecule has 0 aliphatic heterocycles. The average molecular weight is 252 g/mol. The van der Waals surface area contributed by atoms with Crippen molar-refractivity contribution < 1.29 is 0 Å². The second-order valence-electron chi connectivity index (χ2n) is 5.00. The minimum absolute atomic E-state index is 0.164. The lowest BCUT2D eigenvalue weighted by molar-refractivity contribution is 0.280. The zero-order valence-corrected chi connectivity index (χ0v) is 12.3. The molecule has 1 saturated carbocycles. The van der Waals surface area contributed by atoms with Crippen molar-refractivity contribution in [2.75, 3.05) is 6.54 Å². The molecule has 1 aromatic heterocycles. The van der Waals surface area contributed by atoms with E-state index in [1.54, 1.807) is 0 Å². The van der Waals surface area contributed by atoms with Crippen LogP contribution in [-0.4, -0.2) is 11.5 Å². The topological polar surface area (TPSA) is 24.9 Å². The summed E-state index contributed by atoms with van der Waals surface area (Å²) in [6.07, 6.45) is 4.93. The predicted octanol–water partition coefficient (Wildman–Crippen LogP) is 3.64. The molecule has 0 aromatic carbocycles. The Morgan fingerprint density at radius 2 is 2.06 bits per heavy atom. The van der Waals surface area contributed by atoms with Gasteiger partial charge in [-0.1, -0.05) is 20.8 Å². The highest BCUT2D eigenvalue weighted by Crippen LogP contribution is 2.49. The van der Waals surface area contributed by atoms with Gasteiger partial charge in [-0.2, -0.15) is 0 Å². The summed E-state index contributed by atoms with van der Waals surface area (Å²) in [5.74, 6) is 0.808. The zero-order valence-electron chi connectivity index (χ0n) is 11.5. The highest BCUT2D eigenvalue weighted by atomic mass is 32.1. The summed E-state index contributed by atoms with van der Waals surface area (Å²) in [4.78, 5) is 6.31. The van der Waals surface area contributed by atoms with E-state index in [2.05, 4.69) is 33.0 Å². The lowest BCUT2D eigenvalue weighted by Crippen LogP contribution is -2.43. The Bertz CT molecular complexity index is 382. The van der Waals surface area contributed by atoms with Crippen molar-refractivity contribution in [3.8, 4) is 0 Å². The molecule has 17 heavy (non-hydrogen) atoms. The fourth-order valence-electron chi connectivity index (χ4n) is 2.80. The third kappa shape index (κ3) is 2.27. The van der Waals surface area contributed by atoms with E-state index in [9.17, 15) is 0 Å². The predicted molar refractivity (Wildman–Crippen MR) is 74.6 cm³/mol. The molecule has 2 rings (SSSR count). The number of hydrogen-bond acceptors (Lipinski definition) is 3. The first-order chi connectivity index (χ1) is 8.17. The van der Waals surface area contributed by atoms with Crippen molar-refractivity contribution in [2.24, 2.45) is 5.92 Å². The van der Waals surface area contributed by atoms with Gasteiger partial charge >= 0.3 is 0 Å². The van der Waals surface area contributed by atoms with Crippen LogP contribution in [0, 0.1) is 12.8 Å². The molecule has 1 aliphatic rings. The molecular weight excluding hydrogens is 228 g/mol. The number of thiazole rings is 1. The van der Waals surface area contributed by atoms with Gasteiger partial charge in [-0.3, -0.25) is 0 Å². The van der Waals surface area contributed by atoms with E-state index in [0.29, 0.717) is 0 Å². The van der Waals surface area contributed by atoms with Crippen LogP contribution in [0.5, 0.6) is 0 Å². The summed E-state index contributed by atoms with van der Waals surface area (Å²) in [6, 6.07) is 0. The van der Waals surface area contributed by atoms with E-state index >= 15 is 0 Å². The van der Waals surface area contributed by atoms with Gasteiger partial charge in [0.15, 0.2) is 0 Å². The molecule has 96 valence electrons. The van der Waals surface area contributed by atoms with E-state index in [1.807, 2.05) is 11.3 Å². The summed E-state index contributed by atoms with van der Waals surface area (Å²) >= 11 is 1.91. The Morgan fingerprint density at radius 1 is 1.35 bits per heavy atom. The lowest BCUT2D eigenvalue weighted by atomic mass is 9.90. The molecule has 3 heteroatoms. The summed E-state index contributed by atoms with van der Waals surface area (Å²) in [7, 11) is 0. The van der Waals surface area contributed by atoms with Gasteiger partial charge in [-0.15, -0.1) is 11.3 Å². The Morgan fingerprint density at radius 3 is 2.47 bits per heavy atom. The first-order valence-electron chi connectivity index (χ1n) is 6.89. The normalized spacial score (nSPS) is 19.3. The molecule has 0 bridgehead atoms. The second-order valence-corrected chi connectivity index (χ2v) is 6.21. The Hall–Kier alpha value is -0.410. The molecule has 1 N–H and O–H groups in total. The molecule has 0 radical (unpaired) electrons. The molecule has 1 fully saturated rings. The van der Waals surface area contributed by atoms with Crippen LogP contribution in [0.4, 0.5) is 0 Å². The van der Waals surface area contributed by atoms with Crippen LogP contribution >= 0.6 is 11.3 Å². The van der Waals surface area contributed by atoms with E-state index in [4.69, 9.17) is 4.98 Å². The van der Waals surface area contributed by atoms with Gasteiger partial charge in [0, 0.05) is 4.88 Å². The molecule has 1 heterocycles. The van der Waals surface area contributed by atoms with Crippen LogP contribution in [0.2, 0.25) is 0 Å². The second kappa shape index (κ2) is 5.07. The van der Waals surface area contributed by atoms with E-state index in [1.165, 1.54) is 28.4 Å². The Balaban J connectivity index is 2.36. The van der Waals surface area contributed by atoms with Crippen LogP contribution in [0.3, 0.4) is 0 Å². The van der Waals surface area contributed by atoms with Gasteiger partial charge < -0.3 is 5.32 Å². The maximum Gasteiger partial charge on any atom is 0.114 e. The van der Waals surface area contributed by atoms with Crippen LogP contribution < -0.4 is 5.32 Å². The number of aromatic nitrogens is 1. The fraction of sp³-hybridized carbons (Fsp3) is 0.786. The molecule has 2 nitrogen and oxygen atoms in total. The smallest absolute Gasteiger partial charge is 0.114 e. The first-order valence-corrected chi connectivity index (χ1v) is 7.71. The van der Waals surface area contributed by atoms with Crippen LogP contribution in [0.15, 0.2) is 0 Å². The van der Waals surface area contributed by atoms with Gasteiger partial charge in [0.25, 0.3) is 0 Å². The van der Waals surface area contributed by atoms with Crippen molar-refractivity contribution in [3.05, 3.63) is 15.6 Å². The van der Waals surface area contributed by atoms with Crippen molar-refractivity contribution in [3.63, 3.8) is 0 Å². The first kappa shape index (κ1) is 13.0. The highest BCUT2D eigenvalue weighted by molar-refractivity contribution is 7.11. The zero-order chi connectivity index (χ0) is 12.5. The molecular formula is C14H24N2S. The molecule has 1 atom stereocenters. The number of hydrogen-bond donors (Lipinski definition) is 1. The largest absolute Gasteiger partial charge is 0.305 e. The third-order valence-electron chi connectivity index (χ3n) is 3.93. The Labute approximate surface area is 109 Å². The molecule has 0 saturated heterocycles. The van der Waals surface area contributed by atoms with Crippen LogP contribution in [-0.2, 0) is 12.0 Å². The number of nitrogens with one attached hydrogen (secondary N) is 1. The van der Waals surface area contributed by atoms with Gasteiger partial charge in [0.05, 0.1) is 11.2 Å². The van der Waals surface area contributed by atoms with Crippen LogP contribution in [0.1, 0.15) is 55.6 Å². The van der Waals surface area contributed by atoms with E-state index in [0.717, 1.165) is 25.3 Å². The third-order valence-corrected chi connectivity index (χ3v) is 5.12. The van der Waals surface area contributed by atoms with Crippen molar-refractivity contribution in [1.82, 2.24) is 10.3 Å². The lowest BCUT2D eigenvalue weighted by Gasteiger charge is -2.32. The minimum atomic E-state index is 0.164.